The molecule has 1 heterocycles. The predicted octanol–water partition coefficient (Wildman–Crippen LogP) is 2.90. The number of nitrogens with one attached hydrogen (secondary N) is 2. The Bertz CT molecular complexity index is 393. The summed E-state index contributed by atoms with van der Waals surface area (Å²) in [6.45, 7) is 10.6. The van der Waals surface area contributed by atoms with Crippen LogP contribution in [0.4, 0.5) is 11.6 Å². The van der Waals surface area contributed by atoms with Crippen molar-refractivity contribution in [1.29, 1.82) is 0 Å². The maximum Gasteiger partial charge on any atom is 0.158 e. The molecule has 0 unspecified atom stereocenters. The molecule has 0 radical (unpaired) electrons. The molecule has 108 valence electrons. The predicted molar refractivity (Wildman–Crippen MR) is 79.5 cm³/mol. The number of rotatable bonds is 8. The van der Waals surface area contributed by atoms with Crippen LogP contribution in [-0.2, 0) is 11.3 Å². The van der Waals surface area contributed by atoms with Crippen molar-refractivity contribution in [3.8, 4) is 0 Å². The summed E-state index contributed by atoms with van der Waals surface area (Å²) in [5.74, 6) is 2.35. The molecule has 0 bridgehead atoms. The summed E-state index contributed by atoms with van der Waals surface area (Å²) in [6, 6.07) is 1.92. The fraction of sp³-hybridized carbons (Fsp3) is 0.714. The molecular formula is C14H26N4O. The molecule has 0 aromatic carbocycles. The van der Waals surface area contributed by atoms with Gasteiger partial charge in [-0.2, -0.15) is 0 Å². The Morgan fingerprint density at radius 1 is 1.21 bits per heavy atom. The second kappa shape index (κ2) is 7.28. The van der Waals surface area contributed by atoms with Crippen molar-refractivity contribution in [3.05, 3.63) is 11.9 Å². The molecule has 0 fully saturated rings. The van der Waals surface area contributed by atoms with Gasteiger partial charge in [0, 0.05) is 26.3 Å². The summed E-state index contributed by atoms with van der Waals surface area (Å²) in [6.07, 6.45) is 1.12. The van der Waals surface area contributed by atoms with E-state index in [0.717, 1.165) is 24.6 Å². The van der Waals surface area contributed by atoms with Gasteiger partial charge in [0.2, 0.25) is 0 Å². The fourth-order valence-electron chi connectivity index (χ4n) is 1.43. The van der Waals surface area contributed by atoms with Crippen LogP contribution in [0.5, 0.6) is 0 Å². The highest BCUT2D eigenvalue weighted by Crippen LogP contribution is 2.20. The largest absolute Gasteiger partial charge is 0.374 e. The molecule has 1 rings (SSSR count). The highest BCUT2D eigenvalue weighted by atomic mass is 16.5. The Hall–Kier alpha value is -1.36. The van der Waals surface area contributed by atoms with Gasteiger partial charge in [0.05, 0.1) is 0 Å². The van der Waals surface area contributed by atoms with Crippen LogP contribution in [0.1, 0.15) is 39.9 Å². The molecule has 0 aliphatic heterocycles. The van der Waals surface area contributed by atoms with Crippen LogP contribution in [0.2, 0.25) is 0 Å². The summed E-state index contributed by atoms with van der Waals surface area (Å²) in [5, 5.41) is 6.43. The van der Waals surface area contributed by atoms with Gasteiger partial charge in [-0.25, -0.2) is 9.97 Å². The highest BCUT2D eigenvalue weighted by molar-refractivity contribution is 5.47. The number of anilines is 2. The van der Waals surface area contributed by atoms with Gasteiger partial charge in [-0.15, -0.1) is 0 Å². The van der Waals surface area contributed by atoms with Crippen LogP contribution in [0.25, 0.3) is 0 Å². The van der Waals surface area contributed by atoms with E-state index in [-0.39, 0.29) is 5.41 Å². The number of ether oxygens (including phenoxy) is 1. The minimum Gasteiger partial charge on any atom is -0.374 e. The van der Waals surface area contributed by atoms with Crippen LogP contribution >= 0.6 is 0 Å². The number of hydrogen-bond donors (Lipinski definition) is 2. The van der Waals surface area contributed by atoms with E-state index in [9.17, 15) is 0 Å². The van der Waals surface area contributed by atoms with Crippen molar-refractivity contribution in [2.75, 3.05) is 30.8 Å². The van der Waals surface area contributed by atoms with Crippen LogP contribution in [0.3, 0.4) is 0 Å². The molecule has 5 nitrogen and oxygen atoms in total. The first-order valence-corrected chi connectivity index (χ1v) is 6.88. The third-order valence-corrected chi connectivity index (χ3v) is 3.17. The average molecular weight is 266 g/mol. The lowest BCUT2D eigenvalue weighted by molar-refractivity contribution is 0.128. The molecule has 0 spiro atoms. The van der Waals surface area contributed by atoms with Crippen molar-refractivity contribution < 1.29 is 4.74 Å². The first-order valence-electron chi connectivity index (χ1n) is 6.88. The van der Waals surface area contributed by atoms with E-state index < -0.39 is 0 Å². The number of hydrogen-bond acceptors (Lipinski definition) is 5. The molecule has 1 aromatic heterocycles. The monoisotopic (exact) mass is 266 g/mol. The van der Waals surface area contributed by atoms with Gasteiger partial charge in [0.15, 0.2) is 5.82 Å². The van der Waals surface area contributed by atoms with E-state index in [1.165, 1.54) is 0 Å². The van der Waals surface area contributed by atoms with Crippen molar-refractivity contribution in [2.24, 2.45) is 5.41 Å². The Balaban J connectivity index is 2.76. The standard InChI is InChI=1S/C14H26N4O/c1-6-14(3,4)10-16-12-8-11(15-5)17-13(18-12)9-19-7-2/h8H,6-7,9-10H2,1-5H3,(H2,15,16,17,18). The summed E-state index contributed by atoms with van der Waals surface area (Å²) in [4.78, 5) is 8.84. The smallest absolute Gasteiger partial charge is 0.158 e. The lowest BCUT2D eigenvalue weighted by atomic mass is 9.90. The van der Waals surface area contributed by atoms with Gasteiger partial charge in [0.25, 0.3) is 0 Å². The molecule has 5 heteroatoms. The Labute approximate surface area is 116 Å². The molecule has 0 aliphatic carbocycles. The Morgan fingerprint density at radius 2 is 1.89 bits per heavy atom. The zero-order valence-electron chi connectivity index (χ0n) is 12.7. The van der Waals surface area contributed by atoms with Crippen LogP contribution < -0.4 is 10.6 Å². The molecular weight excluding hydrogens is 240 g/mol. The van der Waals surface area contributed by atoms with Crippen LogP contribution in [0.15, 0.2) is 6.07 Å². The van der Waals surface area contributed by atoms with Gasteiger partial charge in [-0.05, 0) is 18.8 Å². The maximum absolute atomic E-state index is 5.36. The molecule has 0 amide bonds. The summed E-state index contributed by atoms with van der Waals surface area (Å²) >= 11 is 0. The van der Waals surface area contributed by atoms with E-state index >= 15 is 0 Å². The van der Waals surface area contributed by atoms with Crippen molar-refractivity contribution >= 4 is 11.6 Å². The molecule has 1 aromatic rings. The van der Waals surface area contributed by atoms with Gasteiger partial charge < -0.3 is 15.4 Å². The van der Waals surface area contributed by atoms with E-state index in [4.69, 9.17) is 4.74 Å². The minimum atomic E-state index is 0.255. The zero-order valence-corrected chi connectivity index (χ0v) is 12.7. The van der Waals surface area contributed by atoms with Crippen molar-refractivity contribution in [2.45, 2.75) is 40.7 Å². The summed E-state index contributed by atoms with van der Waals surface area (Å²) in [5.41, 5.74) is 0.255. The summed E-state index contributed by atoms with van der Waals surface area (Å²) < 4.78 is 5.36. The minimum absolute atomic E-state index is 0.255. The normalized spacial score (nSPS) is 11.4. The number of nitrogens with zero attached hydrogens (tertiary/aromatic N) is 2. The SMILES string of the molecule is CCOCc1nc(NC)cc(NCC(C)(C)CC)n1. The first-order chi connectivity index (χ1) is 9.00. The second-order valence-corrected chi connectivity index (χ2v) is 5.31. The summed E-state index contributed by atoms with van der Waals surface area (Å²) in [7, 11) is 1.85. The van der Waals surface area contributed by atoms with Gasteiger partial charge in [-0.1, -0.05) is 20.8 Å². The lowest BCUT2D eigenvalue weighted by Gasteiger charge is -2.23. The van der Waals surface area contributed by atoms with E-state index in [2.05, 4.69) is 41.4 Å². The molecule has 0 saturated carbocycles. The zero-order chi connectivity index (χ0) is 14.3. The molecule has 0 saturated heterocycles. The quantitative estimate of drug-likeness (QED) is 0.757. The Kier molecular flexibility index (Phi) is 6.02. The van der Waals surface area contributed by atoms with E-state index in [1.54, 1.807) is 0 Å². The molecule has 2 N–H and O–H groups in total. The van der Waals surface area contributed by atoms with Crippen molar-refractivity contribution in [1.82, 2.24) is 9.97 Å². The van der Waals surface area contributed by atoms with Gasteiger partial charge >= 0.3 is 0 Å². The Morgan fingerprint density at radius 3 is 2.47 bits per heavy atom. The van der Waals surface area contributed by atoms with Crippen LogP contribution in [0, 0.1) is 5.41 Å². The third kappa shape index (κ3) is 5.42. The number of aromatic nitrogens is 2. The maximum atomic E-state index is 5.36. The lowest BCUT2D eigenvalue weighted by Crippen LogP contribution is -2.22. The average Bonchev–Trinajstić information content (AvgIpc) is 2.42. The van der Waals surface area contributed by atoms with Crippen molar-refractivity contribution in [3.63, 3.8) is 0 Å². The fourth-order valence-corrected chi connectivity index (χ4v) is 1.43. The second-order valence-electron chi connectivity index (χ2n) is 5.31. The van der Waals surface area contributed by atoms with Crippen LogP contribution in [-0.4, -0.2) is 30.2 Å². The molecule has 0 atom stereocenters. The highest BCUT2D eigenvalue weighted by Gasteiger charge is 2.15. The van der Waals surface area contributed by atoms with E-state index in [0.29, 0.717) is 19.0 Å². The topological polar surface area (TPSA) is 59.1 Å². The van der Waals surface area contributed by atoms with Gasteiger partial charge in [-0.3, -0.25) is 0 Å². The van der Waals surface area contributed by atoms with Gasteiger partial charge in [0.1, 0.15) is 18.2 Å². The molecule has 0 aliphatic rings. The third-order valence-electron chi connectivity index (χ3n) is 3.17. The first kappa shape index (κ1) is 15.7. The van der Waals surface area contributed by atoms with E-state index in [1.807, 2.05) is 20.0 Å². The molecule has 19 heavy (non-hydrogen) atoms.